The van der Waals surface area contributed by atoms with Crippen molar-refractivity contribution in [2.24, 2.45) is 0 Å². The van der Waals surface area contributed by atoms with Crippen LogP contribution in [0.3, 0.4) is 0 Å². The molecule has 2 aromatic carbocycles. The van der Waals surface area contributed by atoms with E-state index in [4.69, 9.17) is 0 Å². The minimum Gasteiger partial charge on any atom is -0.309 e. The average molecular weight is 425 g/mol. The molecule has 0 bridgehead atoms. The molecule has 0 spiro atoms. The summed E-state index contributed by atoms with van der Waals surface area (Å²) in [7, 11) is 2.01. The van der Waals surface area contributed by atoms with Crippen LogP contribution in [0, 0.1) is 6.92 Å². The van der Waals surface area contributed by atoms with Crippen molar-refractivity contribution in [2.75, 3.05) is 7.05 Å². The SMILES string of the molecule is CNC(c1cc(Br)sc1Br)c1ccc(C)c2ccccc12. The van der Waals surface area contributed by atoms with E-state index in [1.54, 1.807) is 11.3 Å². The van der Waals surface area contributed by atoms with Gasteiger partial charge in [0.2, 0.25) is 0 Å². The summed E-state index contributed by atoms with van der Waals surface area (Å²) >= 11 is 8.97. The maximum Gasteiger partial charge on any atom is 0.0761 e. The van der Waals surface area contributed by atoms with Crippen molar-refractivity contribution in [3.05, 3.63) is 66.7 Å². The van der Waals surface area contributed by atoms with Gasteiger partial charge >= 0.3 is 0 Å². The predicted octanol–water partition coefficient (Wildman–Crippen LogP) is 6.04. The molecular weight excluding hydrogens is 410 g/mol. The Morgan fingerprint density at radius 1 is 1.00 bits per heavy atom. The van der Waals surface area contributed by atoms with Crippen molar-refractivity contribution >= 4 is 54.0 Å². The summed E-state index contributed by atoms with van der Waals surface area (Å²) in [6.45, 7) is 2.16. The first kappa shape index (κ1) is 15.2. The van der Waals surface area contributed by atoms with Crippen LogP contribution in [-0.2, 0) is 0 Å². The Morgan fingerprint density at radius 2 is 1.71 bits per heavy atom. The molecule has 0 amide bonds. The van der Waals surface area contributed by atoms with Crippen LogP contribution in [0.15, 0.2) is 50.0 Å². The quantitative estimate of drug-likeness (QED) is 0.540. The summed E-state index contributed by atoms with van der Waals surface area (Å²) in [6, 6.07) is 15.4. The van der Waals surface area contributed by atoms with Crippen molar-refractivity contribution in [3.8, 4) is 0 Å². The predicted molar refractivity (Wildman–Crippen MR) is 99.3 cm³/mol. The van der Waals surface area contributed by atoms with E-state index in [-0.39, 0.29) is 6.04 Å². The van der Waals surface area contributed by atoms with E-state index in [0.29, 0.717) is 0 Å². The van der Waals surface area contributed by atoms with Crippen molar-refractivity contribution in [2.45, 2.75) is 13.0 Å². The van der Waals surface area contributed by atoms with Crippen LogP contribution in [0.4, 0.5) is 0 Å². The molecular formula is C17H15Br2NS. The summed E-state index contributed by atoms with van der Waals surface area (Å²) in [5, 5.41) is 6.09. The highest BCUT2D eigenvalue weighted by atomic mass is 79.9. The molecule has 108 valence electrons. The molecule has 1 N–H and O–H groups in total. The van der Waals surface area contributed by atoms with Crippen molar-refractivity contribution in [1.82, 2.24) is 5.32 Å². The average Bonchev–Trinajstić information content (AvgIpc) is 2.81. The molecule has 0 saturated heterocycles. The van der Waals surface area contributed by atoms with Gasteiger partial charge in [0.15, 0.2) is 0 Å². The van der Waals surface area contributed by atoms with Gasteiger partial charge in [0, 0.05) is 0 Å². The number of fused-ring (bicyclic) bond motifs is 1. The second-order valence-electron chi connectivity index (χ2n) is 5.02. The Hall–Kier alpha value is -0.680. The maximum absolute atomic E-state index is 3.68. The Kier molecular flexibility index (Phi) is 4.50. The Balaban J connectivity index is 2.22. The number of halogens is 2. The van der Waals surface area contributed by atoms with Gasteiger partial charge in [-0.05, 0) is 79.4 Å². The van der Waals surface area contributed by atoms with E-state index in [9.17, 15) is 0 Å². The van der Waals surface area contributed by atoms with Crippen LogP contribution >= 0.6 is 43.2 Å². The number of benzene rings is 2. The minimum absolute atomic E-state index is 0.174. The molecule has 1 atom stereocenters. The highest BCUT2D eigenvalue weighted by molar-refractivity contribution is 9.12. The van der Waals surface area contributed by atoms with E-state index in [2.05, 4.69) is 86.6 Å². The summed E-state index contributed by atoms with van der Waals surface area (Å²) < 4.78 is 2.31. The molecule has 0 radical (unpaired) electrons. The van der Waals surface area contributed by atoms with Crippen LogP contribution in [0.1, 0.15) is 22.7 Å². The molecule has 0 aliphatic heterocycles. The second kappa shape index (κ2) is 6.21. The zero-order chi connectivity index (χ0) is 15.0. The lowest BCUT2D eigenvalue weighted by Crippen LogP contribution is -2.17. The van der Waals surface area contributed by atoms with Crippen LogP contribution in [0.5, 0.6) is 0 Å². The fourth-order valence-electron chi connectivity index (χ4n) is 2.75. The molecule has 4 heteroatoms. The number of thiophene rings is 1. The number of hydrogen-bond acceptors (Lipinski definition) is 2. The molecule has 1 aromatic heterocycles. The zero-order valence-electron chi connectivity index (χ0n) is 11.8. The number of aryl methyl sites for hydroxylation is 1. The van der Waals surface area contributed by atoms with Gasteiger partial charge in [-0.15, -0.1) is 11.3 Å². The summed E-state index contributed by atoms with van der Waals surface area (Å²) in [6.07, 6.45) is 0. The molecule has 0 aliphatic rings. The molecule has 3 rings (SSSR count). The summed E-state index contributed by atoms with van der Waals surface area (Å²) in [5.74, 6) is 0. The van der Waals surface area contributed by atoms with Crippen molar-refractivity contribution < 1.29 is 0 Å². The van der Waals surface area contributed by atoms with E-state index in [1.807, 2.05) is 7.05 Å². The summed E-state index contributed by atoms with van der Waals surface area (Å²) in [5.41, 5.74) is 3.89. The number of nitrogens with one attached hydrogen (secondary N) is 1. The monoisotopic (exact) mass is 423 g/mol. The second-order valence-corrected chi connectivity index (χ2v) is 8.77. The van der Waals surface area contributed by atoms with Crippen LogP contribution < -0.4 is 5.32 Å². The van der Waals surface area contributed by atoms with Gasteiger partial charge in [0.25, 0.3) is 0 Å². The molecule has 3 aromatic rings. The third-order valence-electron chi connectivity index (χ3n) is 3.77. The van der Waals surface area contributed by atoms with Crippen LogP contribution in [0.25, 0.3) is 10.8 Å². The molecule has 0 fully saturated rings. The van der Waals surface area contributed by atoms with Gasteiger partial charge < -0.3 is 5.32 Å². The molecule has 0 saturated carbocycles. The zero-order valence-corrected chi connectivity index (χ0v) is 15.8. The van der Waals surface area contributed by atoms with Crippen molar-refractivity contribution in [1.29, 1.82) is 0 Å². The van der Waals surface area contributed by atoms with Gasteiger partial charge in [-0.25, -0.2) is 0 Å². The molecule has 1 nitrogen and oxygen atoms in total. The first-order valence-corrected chi connectivity index (χ1v) is 9.12. The highest BCUT2D eigenvalue weighted by Crippen LogP contribution is 2.39. The van der Waals surface area contributed by atoms with E-state index in [0.717, 1.165) is 3.79 Å². The Bertz CT molecular complexity index is 795. The fraction of sp³-hybridized carbons (Fsp3) is 0.176. The Labute approximate surface area is 145 Å². The smallest absolute Gasteiger partial charge is 0.0761 e. The molecule has 1 unspecified atom stereocenters. The number of hydrogen-bond donors (Lipinski definition) is 1. The lowest BCUT2D eigenvalue weighted by Gasteiger charge is -2.19. The van der Waals surface area contributed by atoms with Crippen LogP contribution in [0.2, 0.25) is 0 Å². The standard InChI is InChI=1S/C17H15Br2NS/c1-10-7-8-13(12-6-4-3-5-11(10)12)16(20-2)14-9-15(18)21-17(14)19/h3-9,16,20H,1-2H3. The third kappa shape index (κ3) is 2.82. The van der Waals surface area contributed by atoms with E-state index < -0.39 is 0 Å². The normalized spacial score (nSPS) is 12.8. The third-order valence-corrected chi connectivity index (χ3v) is 6.16. The Morgan fingerprint density at radius 3 is 2.33 bits per heavy atom. The molecule has 1 heterocycles. The van der Waals surface area contributed by atoms with Gasteiger partial charge in [0.05, 0.1) is 13.6 Å². The van der Waals surface area contributed by atoms with E-state index >= 15 is 0 Å². The topological polar surface area (TPSA) is 12.0 Å². The van der Waals surface area contributed by atoms with E-state index in [1.165, 1.54) is 31.2 Å². The first-order chi connectivity index (χ1) is 10.1. The largest absolute Gasteiger partial charge is 0.309 e. The van der Waals surface area contributed by atoms with Gasteiger partial charge in [-0.3, -0.25) is 0 Å². The van der Waals surface area contributed by atoms with Gasteiger partial charge in [-0.2, -0.15) is 0 Å². The molecule has 0 aliphatic carbocycles. The fourth-order valence-corrected chi connectivity index (χ4v) is 5.66. The molecule has 21 heavy (non-hydrogen) atoms. The number of rotatable bonds is 3. The first-order valence-electron chi connectivity index (χ1n) is 6.72. The lowest BCUT2D eigenvalue weighted by molar-refractivity contribution is 0.697. The van der Waals surface area contributed by atoms with Gasteiger partial charge in [-0.1, -0.05) is 36.4 Å². The van der Waals surface area contributed by atoms with Crippen molar-refractivity contribution in [3.63, 3.8) is 0 Å². The minimum atomic E-state index is 0.174. The lowest BCUT2D eigenvalue weighted by atomic mass is 9.93. The van der Waals surface area contributed by atoms with Crippen LogP contribution in [-0.4, -0.2) is 7.05 Å². The van der Waals surface area contributed by atoms with Gasteiger partial charge in [0.1, 0.15) is 0 Å². The highest BCUT2D eigenvalue weighted by Gasteiger charge is 2.19. The maximum atomic E-state index is 3.68. The summed E-state index contributed by atoms with van der Waals surface area (Å²) in [4.78, 5) is 0.